The van der Waals surface area contributed by atoms with Crippen LogP contribution in [0.1, 0.15) is 37.7 Å². The second-order valence-corrected chi connectivity index (χ2v) is 6.02. The number of rotatable bonds is 4. The van der Waals surface area contributed by atoms with Crippen LogP contribution in [-0.2, 0) is 9.53 Å². The van der Waals surface area contributed by atoms with Gasteiger partial charge in [-0.15, -0.1) is 0 Å². The van der Waals surface area contributed by atoms with E-state index in [-0.39, 0.29) is 17.9 Å². The first-order chi connectivity index (χ1) is 10.1. The second-order valence-electron chi connectivity index (χ2n) is 6.02. The number of carbonyl (C=O) groups is 1. The van der Waals surface area contributed by atoms with Crippen molar-refractivity contribution in [3.8, 4) is 0 Å². The number of benzene rings is 2. The molecule has 0 aliphatic carbocycles. The Morgan fingerprint density at radius 2 is 2.05 bits per heavy atom. The van der Waals surface area contributed by atoms with Crippen molar-refractivity contribution in [1.29, 1.82) is 0 Å². The maximum Gasteiger partial charge on any atom is 0.304 e. The van der Waals surface area contributed by atoms with Gasteiger partial charge in [0.2, 0.25) is 0 Å². The predicted octanol–water partition coefficient (Wildman–Crippen LogP) is 3.97. The molecule has 2 aromatic rings. The molecular formula is C18H20O3. The number of carboxylic acids is 1. The summed E-state index contributed by atoms with van der Waals surface area (Å²) in [5.41, 5.74) is 0.682. The van der Waals surface area contributed by atoms with E-state index in [0.29, 0.717) is 0 Å². The fraction of sp³-hybridized carbons (Fsp3) is 0.389. The van der Waals surface area contributed by atoms with Gasteiger partial charge in [-0.25, -0.2) is 0 Å². The summed E-state index contributed by atoms with van der Waals surface area (Å²) < 4.78 is 5.91. The number of fused-ring (bicyclic) bond motifs is 1. The summed E-state index contributed by atoms with van der Waals surface area (Å²) in [4.78, 5) is 11.3. The molecule has 1 aliphatic heterocycles. The predicted molar refractivity (Wildman–Crippen MR) is 82.5 cm³/mol. The van der Waals surface area contributed by atoms with Crippen LogP contribution in [0, 0.1) is 0 Å². The van der Waals surface area contributed by atoms with Crippen LogP contribution in [0.5, 0.6) is 0 Å². The van der Waals surface area contributed by atoms with Gasteiger partial charge in [0.25, 0.3) is 0 Å². The SMILES string of the molecule is CC1(C(CC(=O)O)c2ccc3ccccc3c2)CCCO1. The van der Waals surface area contributed by atoms with Gasteiger partial charge >= 0.3 is 5.97 Å². The fourth-order valence-electron chi connectivity index (χ4n) is 3.36. The quantitative estimate of drug-likeness (QED) is 0.924. The minimum absolute atomic E-state index is 0.106. The monoisotopic (exact) mass is 284 g/mol. The van der Waals surface area contributed by atoms with Crippen LogP contribution in [0.25, 0.3) is 10.8 Å². The van der Waals surface area contributed by atoms with Crippen molar-refractivity contribution >= 4 is 16.7 Å². The maximum absolute atomic E-state index is 11.3. The number of aliphatic carboxylic acids is 1. The van der Waals surface area contributed by atoms with Gasteiger partial charge in [0.1, 0.15) is 0 Å². The topological polar surface area (TPSA) is 46.5 Å². The van der Waals surface area contributed by atoms with Crippen molar-refractivity contribution in [2.75, 3.05) is 6.61 Å². The molecule has 1 heterocycles. The van der Waals surface area contributed by atoms with Gasteiger partial charge in [0, 0.05) is 12.5 Å². The highest BCUT2D eigenvalue weighted by Gasteiger charge is 2.40. The Kier molecular flexibility index (Phi) is 3.68. The highest BCUT2D eigenvalue weighted by Crippen LogP contribution is 2.41. The van der Waals surface area contributed by atoms with Crippen molar-refractivity contribution in [2.45, 2.75) is 37.7 Å². The lowest BCUT2D eigenvalue weighted by atomic mass is 9.79. The lowest BCUT2D eigenvalue weighted by Crippen LogP contribution is -2.33. The molecule has 3 heteroatoms. The summed E-state index contributed by atoms with van der Waals surface area (Å²) in [6, 6.07) is 14.4. The summed E-state index contributed by atoms with van der Waals surface area (Å²) >= 11 is 0. The molecule has 2 atom stereocenters. The number of hydrogen-bond acceptors (Lipinski definition) is 2. The Morgan fingerprint density at radius 3 is 2.71 bits per heavy atom. The van der Waals surface area contributed by atoms with Gasteiger partial charge < -0.3 is 9.84 Å². The Labute approximate surface area is 124 Å². The first-order valence-electron chi connectivity index (χ1n) is 7.43. The van der Waals surface area contributed by atoms with E-state index in [2.05, 4.69) is 24.3 Å². The molecule has 0 aromatic heterocycles. The van der Waals surface area contributed by atoms with E-state index in [1.54, 1.807) is 0 Å². The van der Waals surface area contributed by atoms with Crippen LogP contribution in [0.3, 0.4) is 0 Å². The van der Waals surface area contributed by atoms with E-state index in [0.717, 1.165) is 30.4 Å². The van der Waals surface area contributed by atoms with Gasteiger partial charge in [-0.1, -0.05) is 42.5 Å². The highest BCUT2D eigenvalue weighted by atomic mass is 16.5. The van der Waals surface area contributed by atoms with E-state index < -0.39 is 5.97 Å². The van der Waals surface area contributed by atoms with Crippen molar-refractivity contribution in [3.05, 3.63) is 48.0 Å². The molecule has 0 radical (unpaired) electrons. The molecule has 0 amide bonds. The molecule has 0 saturated carbocycles. The lowest BCUT2D eigenvalue weighted by Gasteiger charge is -2.33. The van der Waals surface area contributed by atoms with E-state index >= 15 is 0 Å². The molecule has 3 rings (SSSR count). The molecule has 0 bridgehead atoms. The van der Waals surface area contributed by atoms with Gasteiger partial charge in [0.15, 0.2) is 0 Å². The summed E-state index contributed by atoms with van der Waals surface area (Å²) in [5.74, 6) is -0.882. The van der Waals surface area contributed by atoms with Gasteiger partial charge in [-0.2, -0.15) is 0 Å². The highest BCUT2D eigenvalue weighted by molar-refractivity contribution is 5.83. The zero-order valence-electron chi connectivity index (χ0n) is 12.2. The Bertz CT molecular complexity index is 656. The molecule has 1 fully saturated rings. The fourth-order valence-corrected chi connectivity index (χ4v) is 3.36. The molecule has 2 unspecified atom stereocenters. The molecule has 1 aliphatic rings. The summed E-state index contributed by atoms with van der Waals surface area (Å²) in [6.45, 7) is 2.77. The third kappa shape index (κ3) is 2.79. The second kappa shape index (κ2) is 5.49. The van der Waals surface area contributed by atoms with Crippen LogP contribution in [0.2, 0.25) is 0 Å². The van der Waals surface area contributed by atoms with Crippen molar-refractivity contribution < 1.29 is 14.6 Å². The smallest absolute Gasteiger partial charge is 0.304 e. The Balaban J connectivity index is 2.02. The number of carboxylic acid groups (broad SMARTS) is 1. The van der Waals surface area contributed by atoms with Crippen LogP contribution in [0.15, 0.2) is 42.5 Å². The standard InChI is InChI=1S/C18H20O3/c1-18(9-4-10-21-18)16(12-17(19)20)15-8-7-13-5-2-3-6-14(13)11-15/h2-3,5-8,11,16H,4,9-10,12H2,1H3,(H,19,20). The maximum atomic E-state index is 11.3. The van der Waals surface area contributed by atoms with Crippen molar-refractivity contribution in [1.82, 2.24) is 0 Å². The van der Waals surface area contributed by atoms with Gasteiger partial charge in [-0.05, 0) is 36.1 Å². The minimum Gasteiger partial charge on any atom is -0.481 e. The number of hydrogen-bond donors (Lipinski definition) is 1. The van der Waals surface area contributed by atoms with Gasteiger partial charge in [0.05, 0.1) is 12.0 Å². The lowest BCUT2D eigenvalue weighted by molar-refractivity contribution is -0.139. The van der Waals surface area contributed by atoms with Crippen LogP contribution in [-0.4, -0.2) is 23.3 Å². The van der Waals surface area contributed by atoms with E-state index in [9.17, 15) is 9.90 Å². The molecule has 1 saturated heterocycles. The molecular weight excluding hydrogens is 264 g/mol. The molecule has 21 heavy (non-hydrogen) atoms. The summed E-state index contributed by atoms with van der Waals surface area (Å²) in [7, 11) is 0. The zero-order chi connectivity index (χ0) is 14.9. The van der Waals surface area contributed by atoms with E-state index in [1.165, 1.54) is 5.39 Å². The van der Waals surface area contributed by atoms with Crippen LogP contribution >= 0.6 is 0 Å². The average Bonchev–Trinajstić information content (AvgIpc) is 2.92. The normalized spacial score (nSPS) is 23.3. The third-order valence-electron chi connectivity index (χ3n) is 4.54. The minimum atomic E-state index is -0.773. The molecule has 2 aromatic carbocycles. The molecule has 110 valence electrons. The van der Waals surface area contributed by atoms with E-state index in [1.807, 2.05) is 25.1 Å². The molecule has 3 nitrogen and oxygen atoms in total. The van der Waals surface area contributed by atoms with E-state index in [4.69, 9.17) is 4.74 Å². The van der Waals surface area contributed by atoms with Crippen molar-refractivity contribution in [2.24, 2.45) is 0 Å². The van der Waals surface area contributed by atoms with Gasteiger partial charge in [-0.3, -0.25) is 4.79 Å². The first kappa shape index (κ1) is 14.1. The number of ether oxygens (including phenoxy) is 1. The Hall–Kier alpha value is -1.87. The largest absolute Gasteiger partial charge is 0.481 e. The summed E-state index contributed by atoms with van der Waals surface area (Å²) in [6.07, 6.45) is 2.02. The Morgan fingerprint density at radius 1 is 1.29 bits per heavy atom. The van der Waals surface area contributed by atoms with Crippen molar-refractivity contribution in [3.63, 3.8) is 0 Å². The van der Waals surface area contributed by atoms with Crippen LogP contribution in [0.4, 0.5) is 0 Å². The first-order valence-corrected chi connectivity index (χ1v) is 7.43. The molecule has 0 spiro atoms. The summed E-state index contributed by atoms with van der Waals surface area (Å²) in [5, 5.41) is 11.6. The van der Waals surface area contributed by atoms with Crippen LogP contribution < -0.4 is 0 Å². The molecule has 1 N–H and O–H groups in total. The third-order valence-corrected chi connectivity index (χ3v) is 4.54. The average molecular weight is 284 g/mol. The zero-order valence-corrected chi connectivity index (χ0v) is 12.2.